The molecule has 1 atom stereocenters. The number of hydrogen-bond donors (Lipinski definition) is 1. The van der Waals surface area contributed by atoms with E-state index in [9.17, 15) is 13.2 Å². The van der Waals surface area contributed by atoms with Crippen LogP contribution in [0.5, 0.6) is 5.75 Å². The summed E-state index contributed by atoms with van der Waals surface area (Å²) in [4.78, 5) is 0. The first kappa shape index (κ1) is 13.8. The Balaban J connectivity index is 2.59. The van der Waals surface area contributed by atoms with Crippen molar-refractivity contribution in [3.63, 3.8) is 0 Å². The van der Waals surface area contributed by atoms with Crippen LogP contribution in [0.25, 0.3) is 0 Å². The van der Waals surface area contributed by atoms with Gasteiger partial charge in [-0.25, -0.2) is 0 Å². The summed E-state index contributed by atoms with van der Waals surface area (Å²) in [5.41, 5.74) is 4.80. The Morgan fingerprint density at radius 3 is 2.53 bits per heavy atom. The molecule has 0 bridgehead atoms. The lowest BCUT2D eigenvalue weighted by Gasteiger charge is -2.13. The van der Waals surface area contributed by atoms with Crippen LogP contribution in [-0.4, -0.2) is 12.6 Å². The number of hydrogen-bond acceptors (Lipinski definition) is 2. The van der Waals surface area contributed by atoms with Crippen molar-refractivity contribution in [2.24, 2.45) is 5.73 Å². The molecule has 0 saturated carbocycles. The molecule has 0 heterocycles. The minimum absolute atomic E-state index is 0.0384. The van der Waals surface area contributed by atoms with Gasteiger partial charge in [0.2, 0.25) is 0 Å². The van der Waals surface area contributed by atoms with Crippen LogP contribution in [0.4, 0.5) is 13.2 Å². The van der Waals surface area contributed by atoms with E-state index in [0.717, 1.165) is 12.5 Å². The monoisotopic (exact) mass is 247 g/mol. The summed E-state index contributed by atoms with van der Waals surface area (Å²) in [5, 5.41) is 0. The summed E-state index contributed by atoms with van der Waals surface area (Å²) in [7, 11) is 0. The highest BCUT2D eigenvalue weighted by atomic mass is 19.4. The van der Waals surface area contributed by atoms with Crippen LogP contribution >= 0.6 is 0 Å². The Bertz CT molecular complexity index is 350. The second-order valence-corrected chi connectivity index (χ2v) is 3.96. The third kappa shape index (κ3) is 4.65. The number of para-hydroxylation sites is 1. The molecular formula is C12H16F3NO. The van der Waals surface area contributed by atoms with Crippen molar-refractivity contribution in [1.82, 2.24) is 0 Å². The van der Waals surface area contributed by atoms with Crippen molar-refractivity contribution < 1.29 is 17.9 Å². The topological polar surface area (TPSA) is 35.2 Å². The van der Waals surface area contributed by atoms with Gasteiger partial charge in [0.25, 0.3) is 0 Å². The van der Waals surface area contributed by atoms with Gasteiger partial charge in [-0.05, 0) is 31.9 Å². The van der Waals surface area contributed by atoms with E-state index in [-0.39, 0.29) is 18.4 Å². The fraction of sp³-hybridized carbons (Fsp3) is 0.500. The zero-order valence-corrected chi connectivity index (χ0v) is 9.63. The van der Waals surface area contributed by atoms with Crippen molar-refractivity contribution >= 4 is 0 Å². The second-order valence-electron chi connectivity index (χ2n) is 3.96. The first-order valence-corrected chi connectivity index (χ1v) is 5.46. The van der Waals surface area contributed by atoms with Gasteiger partial charge in [0.15, 0.2) is 0 Å². The summed E-state index contributed by atoms with van der Waals surface area (Å²) in [6.45, 7) is 2.10. The Hall–Kier alpha value is -1.23. The zero-order valence-electron chi connectivity index (χ0n) is 9.63. The van der Waals surface area contributed by atoms with Crippen LogP contribution in [0.1, 0.15) is 25.3 Å². The van der Waals surface area contributed by atoms with Gasteiger partial charge in [0.05, 0.1) is 12.2 Å². The molecule has 96 valence electrons. The van der Waals surface area contributed by atoms with Gasteiger partial charge in [0, 0.05) is 6.04 Å². The van der Waals surface area contributed by atoms with Crippen LogP contribution < -0.4 is 10.5 Å². The van der Waals surface area contributed by atoms with E-state index in [4.69, 9.17) is 10.5 Å². The maximum absolute atomic E-state index is 12.6. The number of halogens is 3. The molecule has 0 aromatic heterocycles. The van der Waals surface area contributed by atoms with E-state index in [0.29, 0.717) is 6.42 Å². The van der Waals surface area contributed by atoms with Crippen LogP contribution in [0.2, 0.25) is 0 Å². The molecule has 5 heteroatoms. The summed E-state index contributed by atoms with van der Waals surface area (Å²) >= 11 is 0. The number of benzene rings is 1. The standard InChI is InChI=1S/C12H16F3NO/c1-9(16)5-4-8-17-11-7-3-2-6-10(11)12(13,14)15/h2-3,6-7,9H,4-5,8,16H2,1H3. The lowest BCUT2D eigenvalue weighted by Crippen LogP contribution is -2.16. The molecule has 0 amide bonds. The van der Waals surface area contributed by atoms with E-state index in [2.05, 4.69) is 0 Å². The lowest BCUT2D eigenvalue weighted by molar-refractivity contribution is -0.138. The largest absolute Gasteiger partial charge is 0.493 e. The molecule has 0 saturated heterocycles. The summed E-state index contributed by atoms with van der Waals surface area (Å²) in [6, 6.07) is 5.25. The molecule has 1 aromatic carbocycles. The minimum Gasteiger partial charge on any atom is -0.493 e. The van der Waals surface area contributed by atoms with Gasteiger partial charge in [-0.15, -0.1) is 0 Å². The molecule has 1 unspecified atom stereocenters. The SMILES string of the molecule is CC(N)CCCOc1ccccc1C(F)(F)F. The van der Waals surface area contributed by atoms with E-state index < -0.39 is 11.7 Å². The third-order valence-corrected chi connectivity index (χ3v) is 2.25. The Kier molecular flexibility index (Phi) is 4.81. The molecular weight excluding hydrogens is 231 g/mol. The zero-order chi connectivity index (χ0) is 12.9. The highest BCUT2D eigenvalue weighted by Crippen LogP contribution is 2.35. The smallest absolute Gasteiger partial charge is 0.419 e. The third-order valence-electron chi connectivity index (χ3n) is 2.25. The molecule has 0 aliphatic heterocycles. The molecule has 0 radical (unpaired) electrons. The highest BCUT2D eigenvalue weighted by molar-refractivity contribution is 5.35. The first-order chi connectivity index (χ1) is 7.91. The molecule has 2 nitrogen and oxygen atoms in total. The average molecular weight is 247 g/mol. The van der Waals surface area contributed by atoms with Crippen molar-refractivity contribution in [3.8, 4) is 5.75 Å². The van der Waals surface area contributed by atoms with E-state index in [1.54, 1.807) is 0 Å². The number of ether oxygens (including phenoxy) is 1. The summed E-state index contributed by atoms with van der Waals surface area (Å²) in [6.07, 6.45) is -3.00. The van der Waals surface area contributed by atoms with E-state index in [1.807, 2.05) is 6.92 Å². The molecule has 1 rings (SSSR count). The average Bonchev–Trinajstić information content (AvgIpc) is 2.23. The van der Waals surface area contributed by atoms with Crippen molar-refractivity contribution in [2.45, 2.75) is 32.0 Å². The maximum atomic E-state index is 12.6. The molecule has 0 fully saturated rings. The minimum atomic E-state index is -4.38. The predicted molar refractivity (Wildman–Crippen MR) is 59.8 cm³/mol. The Morgan fingerprint density at radius 1 is 1.29 bits per heavy atom. The van der Waals surface area contributed by atoms with Gasteiger partial charge in [-0.3, -0.25) is 0 Å². The number of nitrogens with two attached hydrogens (primary N) is 1. The van der Waals surface area contributed by atoms with Crippen molar-refractivity contribution in [3.05, 3.63) is 29.8 Å². The van der Waals surface area contributed by atoms with Crippen LogP contribution in [0.15, 0.2) is 24.3 Å². The molecule has 0 aliphatic rings. The van der Waals surface area contributed by atoms with Crippen LogP contribution in [0, 0.1) is 0 Å². The molecule has 1 aromatic rings. The van der Waals surface area contributed by atoms with Gasteiger partial charge in [-0.1, -0.05) is 12.1 Å². The normalized spacial score (nSPS) is 13.5. The van der Waals surface area contributed by atoms with Gasteiger partial charge >= 0.3 is 6.18 Å². The predicted octanol–water partition coefficient (Wildman–Crippen LogP) is 3.21. The van der Waals surface area contributed by atoms with Gasteiger partial charge in [-0.2, -0.15) is 13.2 Å². The number of alkyl halides is 3. The van der Waals surface area contributed by atoms with Gasteiger partial charge in [0.1, 0.15) is 5.75 Å². The summed E-state index contributed by atoms with van der Waals surface area (Å²) in [5.74, 6) is -0.121. The summed E-state index contributed by atoms with van der Waals surface area (Å²) < 4.78 is 42.9. The fourth-order valence-electron chi connectivity index (χ4n) is 1.41. The van der Waals surface area contributed by atoms with Crippen LogP contribution in [-0.2, 0) is 6.18 Å². The lowest BCUT2D eigenvalue weighted by atomic mass is 10.2. The van der Waals surface area contributed by atoms with E-state index >= 15 is 0 Å². The van der Waals surface area contributed by atoms with Gasteiger partial charge < -0.3 is 10.5 Å². The van der Waals surface area contributed by atoms with Crippen LogP contribution in [0.3, 0.4) is 0 Å². The number of rotatable bonds is 5. The highest BCUT2D eigenvalue weighted by Gasteiger charge is 2.33. The molecule has 0 aliphatic carbocycles. The second kappa shape index (κ2) is 5.91. The first-order valence-electron chi connectivity index (χ1n) is 5.46. The van der Waals surface area contributed by atoms with E-state index in [1.165, 1.54) is 18.2 Å². The fourth-order valence-corrected chi connectivity index (χ4v) is 1.41. The Labute approximate surface area is 98.6 Å². The van der Waals surface area contributed by atoms with Crippen molar-refractivity contribution in [2.75, 3.05) is 6.61 Å². The quantitative estimate of drug-likeness (QED) is 0.811. The molecule has 0 spiro atoms. The maximum Gasteiger partial charge on any atom is 0.419 e. The van der Waals surface area contributed by atoms with Crippen molar-refractivity contribution in [1.29, 1.82) is 0 Å². The molecule has 2 N–H and O–H groups in total. The Morgan fingerprint density at radius 2 is 1.94 bits per heavy atom. The molecule has 17 heavy (non-hydrogen) atoms.